The summed E-state index contributed by atoms with van der Waals surface area (Å²) in [6.07, 6.45) is -0.651. The summed E-state index contributed by atoms with van der Waals surface area (Å²) in [4.78, 5) is 4.34. The number of methoxy groups -OCH3 is 2. The van der Waals surface area contributed by atoms with Crippen LogP contribution in [0.4, 0.5) is 0 Å². The average molecular weight is 314 g/mol. The normalized spacial score (nSPS) is 29.1. The van der Waals surface area contributed by atoms with Crippen LogP contribution >= 0.6 is 0 Å². The van der Waals surface area contributed by atoms with E-state index >= 15 is 0 Å². The molecule has 6 nitrogen and oxygen atoms in total. The molecule has 4 atom stereocenters. The summed E-state index contributed by atoms with van der Waals surface area (Å²) in [7, 11) is 17.6. The largest absolute Gasteiger partial charge is 0.382 e. The lowest BCUT2D eigenvalue weighted by Crippen LogP contribution is -2.41. The zero-order valence-electron chi connectivity index (χ0n) is 14.8. The molecule has 0 aromatic heterocycles. The molecular formula is C15H31BN2O4. The molecule has 2 radical (unpaired) electrons. The minimum absolute atomic E-state index is 0.184. The number of hydrogen-bond donors (Lipinski definition) is 0. The highest BCUT2D eigenvalue weighted by Crippen LogP contribution is 2.25. The predicted molar refractivity (Wildman–Crippen MR) is 87.4 cm³/mol. The predicted octanol–water partition coefficient (Wildman–Crippen LogP) is -0.334. The first-order chi connectivity index (χ1) is 10.4. The second-order valence-corrected chi connectivity index (χ2v) is 6.48. The zero-order valence-corrected chi connectivity index (χ0v) is 14.8. The van der Waals surface area contributed by atoms with Crippen LogP contribution in [0.5, 0.6) is 0 Å². The van der Waals surface area contributed by atoms with E-state index in [1.54, 1.807) is 14.2 Å². The Balaban J connectivity index is 2.58. The lowest BCUT2D eigenvalue weighted by molar-refractivity contribution is -0.0644. The van der Waals surface area contributed by atoms with E-state index in [2.05, 4.69) is 38.0 Å². The van der Waals surface area contributed by atoms with Gasteiger partial charge in [0.25, 0.3) is 0 Å². The molecule has 0 aliphatic carbocycles. The van der Waals surface area contributed by atoms with Gasteiger partial charge in [0.05, 0.1) is 13.2 Å². The first-order valence-corrected chi connectivity index (χ1v) is 7.72. The van der Waals surface area contributed by atoms with Crippen molar-refractivity contribution in [2.45, 2.75) is 24.3 Å². The van der Waals surface area contributed by atoms with Crippen molar-refractivity contribution in [2.75, 3.05) is 68.7 Å². The Kier molecular flexibility index (Phi) is 8.90. The molecule has 1 saturated heterocycles. The number of hydrogen-bond acceptors (Lipinski definition) is 6. The van der Waals surface area contributed by atoms with E-state index in [4.69, 9.17) is 26.8 Å². The Morgan fingerprint density at radius 1 is 1.05 bits per heavy atom. The van der Waals surface area contributed by atoms with E-state index in [1.165, 1.54) is 0 Å². The highest BCUT2D eigenvalue weighted by atomic mass is 16.6. The summed E-state index contributed by atoms with van der Waals surface area (Å²) >= 11 is 0. The van der Waals surface area contributed by atoms with Crippen molar-refractivity contribution in [2.24, 2.45) is 5.92 Å². The lowest BCUT2D eigenvalue weighted by atomic mass is 9.92. The summed E-state index contributed by atoms with van der Waals surface area (Å²) in [5.41, 5.74) is 0. The third kappa shape index (κ3) is 6.14. The molecule has 1 aliphatic heterocycles. The number of rotatable bonds is 10. The molecule has 1 fully saturated rings. The second-order valence-electron chi connectivity index (χ2n) is 6.48. The van der Waals surface area contributed by atoms with Gasteiger partial charge in [-0.1, -0.05) is 0 Å². The van der Waals surface area contributed by atoms with Crippen LogP contribution in [0.2, 0.25) is 0 Å². The molecule has 22 heavy (non-hydrogen) atoms. The van der Waals surface area contributed by atoms with Crippen molar-refractivity contribution in [3.63, 3.8) is 0 Å². The molecule has 0 aromatic carbocycles. The van der Waals surface area contributed by atoms with Crippen LogP contribution in [-0.4, -0.2) is 111 Å². The van der Waals surface area contributed by atoms with Crippen molar-refractivity contribution in [3.05, 3.63) is 0 Å². The van der Waals surface area contributed by atoms with Gasteiger partial charge in [-0.2, -0.15) is 0 Å². The van der Waals surface area contributed by atoms with E-state index in [0.717, 1.165) is 13.1 Å². The van der Waals surface area contributed by atoms with Crippen LogP contribution in [0.25, 0.3) is 0 Å². The van der Waals surface area contributed by atoms with Crippen molar-refractivity contribution < 1.29 is 18.9 Å². The fourth-order valence-electron chi connectivity index (χ4n) is 2.97. The van der Waals surface area contributed by atoms with Gasteiger partial charge in [0.2, 0.25) is 0 Å². The smallest absolute Gasteiger partial charge is 0.113 e. The summed E-state index contributed by atoms with van der Waals surface area (Å²) in [6.45, 7) is 2.99. The summed E-state index contributed by atoms with van der Waals surface area (Å²) in [5, 5.41) is 0. The van der Waals surface area contributed by atoms with Crippen molar-refractivity contribution >= 4 is 7.85 Å². The van der Waals surface area contributed by atoms with E-state index in [-0.39, 0.29) is 18.3 Å². The van der Waals surface area contributed by atoms with E-state index in [0.29, 0.717) is 19.1 Å². The molecule has 1 aliphatic rings. The zero-order chi connectivity index (χ0) is 16.7. The molecule has 0 N–H and O–H groups in total. The average Bonchev–Trinajstić information content (AvgIpc) is 2.70. The minimum atomic E-state index is -0.482. The fraction of sp³-hybridized carbons (Fsp3) is 1.00. The van der Waals surface area contributed by atoms with Crippen molar-refractivity contribution in [1.82, 2.24) is 9.80 Å². The monoisotopic (exact) mass is 314 g/mol. The van der Waals surface area contributed by atoms with Crippen molar-refractivity contribution in [1.29, 1.82) is 0 Å². The lowest BCUT2D eigenvalue weighted by Gasteiger charge is -2.28. The van der Waals surface area contributed by atoms with E-state index in [9.17, 15) is 0 Å². The molecule has 128 valence electrons. The molecule has 0 amide bonds. The van der Waals surface area contributed by atoms with Gasteiger partial charge >= 0.3 is 0 Å². The van der Waals surface area contributed by atoms with Crippen LogP contribution in [-0.2, 0) is 18.9 Å². The SMILES string of the molecule is [B][C@@H]1O[C@H](COC)C(OC)[C@@H]1OCC(CN(C)C)CN(C)C. The second kappa shape index (κ2) is 9.85. The molecule has 0 bridgehead atoms. The van der Waals surface area contributed by atoms with E-state index < -0.39 is 6.00 Å². The highest BCUT2D eigenvalue weighted by Gasteiger charge is 2.43. The topological polar surface area (TPSA) is 43.4 Å². The van der Waals surface area contributed by atoms with Crippen LogP contribution in [0, 0.1) is 5.92 Å². The molecular weight excluding hydrogens is 283 g/mol. The minimum Gasteiger partial charge on any atom is -0.382 e. The van der Waals surface area contributed by atoms with Gasteiger partial charge in [0.15, 0.2) is 0 Å². The van der Waals surface area contributed by atoms with Crippen LogP contribution in [0.1, 0.15) is 0 Å². The fourth-order valence-corrected chi connectivity index (χ4v) is 2.97. The van der Waals surface area contributed by atoms with Crippen molar-refractivity contribution in [3.8, 4) is 0 Å². The van der Waals surface area contributed by atoms with E-state index in [1.807, 2.05) is 0 Å². The van der Waals surface area contributed by atoms with Gasteiger partial charge in [-0.05, 0) is 28.2 Å². The standard InChI is InChI=1S/C15H31BN2O4/c1-17(2)7-11(8-18(3)4)9-21-14-13(20-6)12(10-19-5)22-15(14)16/h11-15H,7-10H2,1-6H3/t12-,13?,14+,15-/m1/s1. The summed E-state index contributed by atoms with van der Waals surface area (Å²) in [6, 6.07) is -0.482. The van der Waals surface area contributed by atoms with Crippen LogP contribution in [0.15, 0.2) is 0 Å². The van der Waals surface area contributed by atoms with Crippen LogP contribution < -0.4 is 0 Å². The van der Waals surface area contributed by atoms with Gasteiger partial charge in [0, 0.05) is 39.2 Å². The molecule has 0 aromatic rings. The quantitative estimate of drug-likeness (QED) is 0.514. The molecule has 1 unspecified atom stereocenters. The summed E-state index contributed by atoms with van der Waals surface area (Å²) < 4.78 is 22.4. The Bertz CT molecular complexity index is 297. The maximum Gasteiger partial charge on any atom is 0.113 e. The van der Waals surface area contributed by atoms with Gasteiger partial charge in [-0.3, -0.25) is 0 Å². The molecule has 7 heteroatoms. The summed E-state index contributed by atoms with van der Waals surface area (Å²) in [5.74, 6) is 0.399. The Labute approximate surface area is 136 Å². The van der Waals surface area contributed by atoms with Gasteiger partial charge in [-0.25, -0.2) is 0 Å². The third-order valence-corrected chi connectivity index (χ3v) is 3.72. The first-order valence-electron chi connectivity index (χ1n) is 7.72. The van der Waals surface area contributed by atoms with Gasteiger partial charge in [-0.15, -0.1) is 0 Å². The Morgan fingerprint density at radius 2 is 1.64 bits per heavy atom. The third-order valence-electron chi connectivity index (χ3n) is 3.72. The number of nitrogens with zero attached hydrogens (tertiary/aromatic N) is 2. The van der Waals surface area contributed by atoms with Gasteiger partial charge in [0.1, 0.15) is 26.2 Å². The molecule has 0 saturated carbocycles. The first kappa shape index (κ1) is 19.9. The molecule has 1 heterocycles. The highest BCUT2D eigenvalue weighted by molar-refractivity contribution is 6.11. The maximum absolute atomic E-state index is 6.08. The molecule has 1 rings (SSSR count). The molecule has 0 spiro atoms. The van der Waals surface area contributed by atoms with Gasteiger partial charge < -0.3 is 28.7 Å². The van der Waals surface area contributed by atoms with Crippen LogP contribution in [0.3, 0.4) is 0 Å². The maximum atomic E-state index is 6.08. The Hall–Kier alpha value is -0.175. The Morgan fingerprint density at radius 3 is 2.09 bits per heavy atom. The number of ether oxygens (including phenoxy) is 4.